The first-order valence-electron chi connectivity index (χ1n) is 7.72. The molecule has 3 rings (SSSR count). The standard InChI is InChI=1S/C18H13ClF3N3OS/c19-13-4-2-6-15(10-13)25-8-7-23-17(25)27-11-16(26)24-14-5-1-3-12(9-14)18(20,21)22/h1-10H,11H2,(H,24,26). The van der Waals surface area contributed by atoms with Gasteiger partial charge in [0.2, 0.25) is 5.91 Å². The smallest absolute Gasteiger partial charge is 0.325 e. The van der Waals surface area contributed by atoms with E-state index in [1.807, 2.05) is 6.07 Å². The molecule has 0 radical (unpaired) electrons. The molecule has 1 aromatic heterocycles. The number of hydrogen-bond donors (Lipinski definition) is 1. The molecule has 140 valence electrons. The van der Waals surface area contributed by atoms with E-state index in [0.29, 0.717) is 10.2 Å². The number of imidazole rings is 1. The predicted molar refractivity (Wildman–Crippen MR) is 99.4 cm³/mol. The molecule has 0 fully saturated rings. The molecule has 0 aliphatic heterocycles. The monoisotopic (exact) mass is 411 g/mol. The van der Waals surface area contributed by atoms with E-state index in [9.17, 15) is 18.0 Å². The van der Waals surface area contributed by atoms with Crippen LogP contribution in [0.25, 0.3) is 5.69 Å². The van der Waals surface area contributed by atoms with Gasteiger partial charge >= 0.3 is 6.18 Å². The van der Waals surface area contributed by atoms with Gasteiger partial charge in [-0.1, -0.05) is 35.5 Å². The topological polar surface area (TPSA) is 46.9 Å². The van der Waals surface area contributed by atoms with E-state index < -0.39 is 17.6 Å². The molecule has 0 spiro atoms. The molecule has 3 aromatic rings. The quantitative estimate of drug-likeness (QED) is 0.581. The summed E-state index contributed by atoms with van der Waals surface area (Å²) in [5.41, 5.74) is 0.0684. The van der Waals surface area contributed by atoms with Gasteiger partial charge in [-0.25, -0.2) is 4.98 Å². The van der Waals surface area contributed by atoms with Gasteiger partial charge in [-0.15, -0.1) is 0 Å². The Kier molecular flexibility index (Phi) is 5.76. The van der Waals surface area contributed by atoms with Crippen LogP contribution in [0.5, 0.6) is 0 Å². The van der Waals surface area contributed by atoms with Crippen molar-refractivity contribution in [3.8, 4) is 5.69 Å². The highest BCUT2D eigenvalue weighted by Crippen LogP contribution is 2.30. The van der Waals surface area contributed by atoms with Gasteiger partial charge in [0.25, 0.3) is 0 Å². The van der Waals surface area contributed by atoms with Crippen LogP contribution < -0.4 is 5.32 Å². The zero-order valence-electron chi connectivity index (χ0n) is 13.7. The SMILES string of the molecule is O=C(CSc1nccn1-c1cccc(Cl)c1)Nc1cccc(C(F)(F)F)c1. The molecule has 0 atom stereocenters. The molecule has 9 heteroatoms. The van der Waals surface area contributed by atoms with Crippen LogP contribution in [0.3, 0.4) is 0 Å². The summed E-state index contributed by atoms with van der Waals surface area (Å²) >= 11 is 7.16. The van der Waals surface area contributed by atoms with E-state index in [4.69, 9.17) is 11.6 Å². The number of alkyl halides is 3. The molecule has 0 saturated carbocycles. The van der Waals surface area contributed by atoms with Gasteiger partial charge in [0.15, 0.2) is 5.16 Å². The van der Waals surface area contributed by atoms with Crippen LogP contribution in [-0.2, 0) is 11.0 Å². The largest absolute Gasteiger partial charge is 0.416 e. The molecule has 0 saturated heterocycles. The lowest BCUT2D eigenvalue weighted by atomic mass is 10.2. The van der Waals surface area contributed by atoms with Gasteiger partial charge in [0.1, 0.15) is 0 Å². The summed E-state index contributed by atoms with van der Waals surface area (Å²) in [7, 11) is 0. The number of amides is 1. The molecule has 1 N–H and O–H groups in total. The van der Waals surface area contributed by atoms with Crippen molar-refractivity contribution in [3.05, 3.63) is 71.5 Å². The van der Waals surface area contributed by atoms with Gasteiger partial charge in [0, 0.05) is 28.8 Å². The third-order valence-electron chi connectivity index (χ3n) is 3.50. The predicted octanol–water partition coefficient (Wildman–Crippen LogP) is 5.28. The minimum atomic E-state index is -4.46. The number of rotatable bonds is 5. The van der Waals surface area contributed by atoms with Crippen LogP contribution in [-0.4, -0.2) is 21.2 Å². The first kappa shape index (κ1) is 19.3. The van der Waals surface area contributed by atoms with Crippen molar-refractivity contribution in [2.75, 3.05) is 11.1 Å². The average molecular weight is 412 g/mol. The van der Waals surface area contributed by atoms with Crippen LogP contribution in [0.1, 0.15) is 5.56 Å². The highest BCUT2D eigenvalue weighted by molar-refractivity contribution is 7.99. The van der Waals surface area contributed by atoms with Crippen molar-refractivity contribution in [2.24, 2.45) is 0 Å². The molecular formula is C18H13ClF3N3OS. The molecule has 1 amide bonds. The lowest BCUT2D eigenvalue weighted by Gasteiger charge is -2.10. The molecule has 2 aromatic carbocycles. The Balaban J connectivity index is 1.65. The second-order valence-corrected chi connectivity index (χ2v) is 6.85. The fraction of sp³-hybridized carbons (Fsp3) is 0.111. The zero-order valence-corrected chi connectivity index (χ0v) is 15.3. The van der Waals surface area contributed by atoms with Crippen LogP contribution in [0, 0.1) is 0 Å². The molecule has 1 heterocycles. The summed E-state index contributed by atoms with van der Waals surface area (Å²) in [4.78, 5) is 16.3. The van der Waals surface area contributed by atoms with Crippen molar-refractivity contribution >= 4 is 35.0 Å². The Hall–Kier alpha value is -2.45. The van der Waals surface area contributed by atoms with Gasteiger partial charge in [-0.2, -0.15) is 13.2 Å². The third-order valence-corrected chi connectivity index (χ3v) is 4.70. The van der Waals surface area contributed by atoms with Crippen molar-refractivity contribution in [3.63, 3.8) is 0 Å². The fourth-order valence-corrected chi connectivity index (χ4v) is 3.28. The van der Waals surface area contributed by atoms with Crippen LogP contribution in [0.4, 0.5) is 18.9 Å². The molecule has 27 heavy (non-hydrogen) atoms. The van der Waals surface area contributed by atoms with Gasteiger partial charge in [0.05, 0.1) is 11.3 Å². The molecule has 0 unspecified atom stereocenters. The van der Waals surface area contributed by atoms with E-state index in [1.165, 1.54) is 23.9 Å². The van der Waals surface area contributed by atoms with Crippen molar-refractivity contribution in [2.45, 2.75) is 11.3 Å². The molecule has 4 nitrogen and oxygen atoms in total. The maximum Gasteiger partial charge on any atom is 0.416 e. The Labute approximate surface area is 162 Å². The Bertz CT molecular complexity index is 959. The highest BCUT2D eigenvalue weighted by Gasteiger charge is 2.30. The Morgan fingerprint density at radius 3 is 2.70 bits per heavy atom. The first-order chi connectivity index (χ1) is 12.8. The first-order valence-corrected chi connectivity index (χ1v) is 9.08. The number of carbonyl (C=O) groups is 1. The number of halogens is 4. The minimum Gasteiger partial charge on any atom is -0.325 e. The maximum atomic E-state index is 12.7. The Morgan fingerprint density at radius 2 is 1.96 bits per heavy atom. The summed E-state index contributed by atoms with van der Waals surface area (Å²) < 4.78 is 40.0. The lowest BCUT2D eigenvalue weighted by molar-refractivity contribution is -0.137. The normalized spacial score (nSPS) is 11.4. The lowest BCUT2D eigenvalue weighted by Crippen LogP contribution is -2.15. The number of hydrogen-bond acceptors (Lipinski definition) is 3. The number of carbonyl (C=O) groups excluding carboxylic acids is 1. The molecule has 0 aliphatic carbocycles. The van der Waals surface area contributed by atoms with Gasteiger partial charge in [-0.05, 0) is 36.4 Å². The molecule has 0 aliphatic rings. The van der Waals surface area contributed by atoms with E-state index in [2.05, 4.69) is 10.3 Å². The van der Waals surface area contributed by atoms with Gasteiger partial charge in [-0.3, -0.25) is 9.36 Å². The minimum absolute atomic E-state index is 0.00613. The Morgan fingerprint density at radius 1 is 1.19 bits per heavy atom. The fourth-order valence-electron chi connectivity index (χ4n) is 2.32. The van der Waals surface area contributed by atoms with E-state index >= 15 is 0 Å². The zero-order chi connectivity index (χ0) is 19.4. The second-order valence-electron chi connectivity index (χ2n) is 5.48. The summed E-state index contributed by atoms with van der Waals surface area (Å²) in [5, 5.41) is 3.60. The van der Waals surface area contributed by atoms with Crippen molar-refractivity contribution < 1.29 is 18.0 Å². The molecular weight excluding hydrogens is 399 g/mol. The second kappa shape index (κ2) is 8.06. The van der Waals surface area contributed by atoms with Gasteiger partial charge < -0.3 is 5.32 Å². The number of thioether (sulfide) groups is 1. The summed E-state index contributed by atoms with van der Waals surface area (Å²) in [6.45, 7) is 0. The van der Waals surface area contributed by atoms with Crippen molar-refractivity contribution in [1.82, 2.24) is 9.55 Å². The van der Waals surface area contributed by atoms with Crippen LogP contribution >= 0.6 is 23.4 Å². The van der Waals surface area contributed by atoms with E-state index in [0.717, 1.165) is 17.8 Å². The maximum absolute atomic E-state index is 12.7. The number of nitrogens with zero attached hydrogens (tertiary/aromatic N) is 2. The van der Waals surface area contributed by atoms with E-state index in [-0.39, 0.29) is 11.4 Å². The third kappa shape index (κ3) is 5.05. The summed E-state index contributed by atoms with van der Waals surface area (Å²) in [5.74, 6) is -0.437. The van der Waals surface area contributed by atoms with Crippen molar-refractivity contribution in [1.29, 1.82) is 0 Å². The summed E-state index contributed by atoms with van der Waals surface area (Å²) in [6.07, 6.45) is -1.14. The number of nitrogens with one attached hydrogen (secondary N) is 1. The number of benzene rings is 2. The van der Waals surface area contributed by atoms with Crippen LogP contribution in [0.2, 0.25) is 5.02 Å². The average Bonchev–Trinajstić information content (AvgIpc) is 3.08. The van der Waals surface area contributed by atoms with Crippen LogP contribution in [0.15, 0.2) is 66.1 Å². The number of aromatic nitrogens is 2. The van der Waals surface area contributed by atoms with E-state index in [1.54, 1.807) is 35.2 Å². The number of anilines is 1. The highest BCUT2D eigenvalue weighted by atomic mass is 35.5. The summed E-state index contributed by atoms with van der Waals surface area (Å²) in [6, 6.07) is 11.7. The molecule has 0 bridgehead atoms.